The van der Waals surface area contributed by atoms with Crippen molar-refractivity contribution >= 4 is 44.8 Å². The Bertz CT molecular complexity index is 685. The first-order valence-corrected chi connectivity index (χ1v) is 6.54. The summed E-state index contributed by atoms with van der Waals surface area (Å²) < 4.78 is 6.14. The number of hydrogen-bond acceptors (Lipinski definition) is 4. The summed E-state index contributed by atoms with van der Waals surface area (Å²) in [6, 6.07) is 6.58. The Kier molecular flexibility index (Phi) is 4.15. The Hall–Kier alpha value is -1.48. The summed E-state index contributed by atoms with van der Waals surface area (Å²) >= 11 is 15.2. The zero-order valence-corrected chi connectivity index (χ0v) is 12.4. The van der Waals surface area contributed by atoms with E-state index in [0.717, 1.165) is 0 Å². The van der Waals surface area contributed by atoms with E-state index in [1.807, 2.05) is 6.07 Å². The minimum Gasteiger partial charge on any atom is -0.435 e. The van der Waals surface area contributed by atoms with Crippen molar-refractivity contribution in [2.75, 3.05) is 5.73 Å². The summed E-state index contributed by atoms with van der Waals surface area (Å²) in [5, 5.41) is 9.66. The van der Waals surface area contributed by atoms with Gasteiger partial charge in [-0.2, -0.15) is 5.26 Å². The van der Waals surface area contributed by atoms with Gasteiger partial charge in [-0.3, -0.25) is 0 Å². The Labute approximate surface area is 127 Å². The van der Waals surface area contributed by atoms with Crippen LogP contribution < -0.4 is 10.5 Å². The van der Waals surface area contributed by atoms with Crippen LogP contribution in [0.15, 0.2) is 28.9 Å². The fourth-order valence-electron chi connectivity index (χ4n) is 1.32. The zero-order valence-electron chi connectivity index (χ0n) is 9.32. The van der Waals surface area contributed by atoms with Crippen LogP contribution in [0.4, 0.5) is 5.69 Å². The smallest absolute Gasteiger partial charge is 0.244 e. The van der Waals surface area contributed by atoms with E-state index in [4.69, 9.17) is 38.9 Å². The van der Waals surface area contributed by atoms with E-state index in [-0.39, 0.29) is 17.1 Å². The lowest BCUT2D eigenvalue weighted by Gasteiger charge is -2.10. The van der Waals surface area contributed by atoms with E-state index in [0.29, 0.717) is 20.3 Å². The summed E-state index contributed by atoms with van der Waals surface area (Å²) in [5.74, 6) is 0.420. The fourth-order valence-corrected chi connectivity index (χ4v) is 2.15. The van der Waals surface area contributed by atoms with Crippen molar-refractivity contribution < 1.29 is 4.74 Å². The highest BCUT2D eigenvalue weighted by Gasteiger charge is 2.12. The maximum atomic E-state index is 8.88. The van der Waals surface area contributed by atoms with Crippen molar-refractivity contribution in [1.29, 1.82) is 5.26 Å². The van der Waals surface area contributed by atoms with Crippen LogP contribution in [0.1, 0.15) is 5.56 Å². The predicted molar refractivity (Wildman–Crippen MR) is 77.6 cm³/mol. The molecule has 0 aliphatic heterocycles. The van der Waals surface area contributed by atoms with Crippen molar-refractivity contribution in [3.05, 3.63) is 44.5 Å². The van der Waals surface area contributed by atoms with Crippen LogP contribution in [0.3, 0.4) is 0 Å². The number of pyridine rings is 1. The van der Waals surface area contributed by atoms with Crippen molar-refractivity contribution in [2.24, 2.45) is 0 Å². The molecule has 1 aromatic carbocycles. The average molecular weight is 359 g/mol. The molecule has 0 unspecified atom stereocenters. The maximum absolute atomic E-state index is 8.88. The molecule has 2 rings (SSSR count). The minimum atomic E-state index is 0.110. The van der Waals surface area contributed by atoms with Gasteiger partial charge < -0.3 is 10.5 Å². The predicted octanol–water partition coefficient (Wildman–Crippen LogP) is 4.40. The van der Waals surface area contributed by atoms with Crippen LogP contribution in [-0.2, 0) is 0 Å². The van der Waals surface area contributed by atoms with Gasteiger partial charge in [0.2, 0.25) is 5.88 Å². The van der Waals surface area contributed by atoms with E-state index in [9.17, 15) is 0 Å². The summed E-state index contributed by atoms with van der Waals surface area (Å²) in [7, 11) is 0. The molecule has 0 aliphatic carbocycles. The third-order valence-corrected chi connectivity index (χ3v) is 3.75. The highest BCUT2D eigenvalue weighted by atomic mass is 79.9. The standard InChI is InChI=1S/C12H6BrCl2N3O/c13-7-3-9(15)10(4-8(7)14)19-12-11(17)6(5-16)1-2-18-12/h1-4H,17H2. The van der Waals surface area contributed by atoms with Crippen LogP contribution in [0.5, 0.6) is 11.6 Å². The number of nitriles is 1. The third-order valence-electron chi connectivity index (χ3n) is 2.26. The number of nitrogens with two attached hydrogens (primary N) is 1. The molecule has 0 bridgehead atoms. The first-order valence-electron chi connectivity index (χ1n) is 5.00. The first kappa shape index (κ1) is 13.9. The molecule has 0 radical (unpaired) electrons. The fraction of sp³-hybridized carbons (Fsp3) is 0. The summed E-state index contributed by atoms with van der Waals surface area (Å²) in [6.07, 6.45) is 1.43. The first-order chi connectivity index (χ1) is 9.02. The van der Waals surface area contributed by atoms with E-state index >= 15 is 0 Å². The lowest BCUT2D eigenvalue weighted by molar-refractivity contribution is 0.465. The number of halogens is 3. The molecule has 2 aromatic rings. The molecule has 4 nitrogen and oxygen atoms in total. The zero-order chi connectivity index (χ0) is 14.0. The molecule has 7 heteroatoms. The van der Waals surface area contributed by atoms with Gasteiger partial charge in [-0.1, -0.05) is 23.2 Å². The summed E-state index contributed by atoms with van der Waals surface area (Å²) in [4.78, 5) is 3.96. The molecule has 0 saturated carbocycles. The quantitative estimate of drug-likeness (QED) is 0.807. The summed E-state index contributed by atoms with van der Waals surface area (Å²) in [6.45, 7) is 0. The molecule has 1 heterocycles. The molecule has 0 aliphatic rings. The lowest BCUT2D eigenvalue weighted by atomic mass is 10.2. The lowest BCUT2D eigenvalue weighted by Crippen LogP contribution is -1.98. The van der Waals surface area contributed by atoms with Crippen molar-refractivity contribution in [2.45, 2.75) is 0 Å². The van der Waals surface area contributed by atoms with Gasteiger partial charge in [0.05, 0.1) is 15.6 Å². The highest BCUT2D eigenvalue weighted by molar-refractivity contribution is 9.10. The number of anilines is 1. The number of rotatable bonds is 2. The Balaban J connectivity index is 2.43. The van der Waals surface area contributed by atoms with Crippen LogP contribution in [0.2, 0.25) is 10.0 Å². The molecule has 0 atom stereocenters. The van der Waals surface area contributed by atoms with Gasteiger partial charge in [-0.05, 0) is 28.1 Å². The molecule has 0 saturated heterocycles. The Morgan fingerprint density at radius 3 is 2.74 bits per heavy atom. The topological polar surface area (TPSA) is 71.9 Å². The van der Waals surface area contributed by atoms with Gasteiger partial charge >= 0.3 is 0 Å². The van der Waals surface area contributed by atoms with E-state index in [1.54, 1.807) is 6.07 Å². The number of nitrogens with zero attached hydrogens (tertiary/aromatic N) is 2. The van der Waals surface area contributed by atoms with Gasteiger partial charge in [0.25, 0.3) is 0 Å². The molecular weight excluding hydrogens is 353 g/mol. The molecule has 1 aromatic heterocycles. The van der Waals surface area contributed by atoms with Gasteiger partial charge in [0, 0.05) is 16.7 Å². The molecule has 0 spiro atoms. The van der Waals surface area contributed by atoms with E-state index in [2.05, 4.69) is 20.9 Å². The van der Waals surface area contributed by atoms with E-state index < -0.39 is 0 Å². The molecule has 19 heavy (non-hydrogen) atoms. The monoisotopic (exact) mass is 357 g/mol. The van der Waals surface area contributed by atoms with Crippen LogP contribution >= 0.6 is 39.1 Å². The second-order valence-electron chi connectivity index (χ2n) is 3.49. The second-order valence-corrected chi connectivity index (χ2v) is 5.16. The van der Waals surface area contributed by atoms with Gasteiger partial charge in [-0.15, -0.1) is 0 Å². The SMILES string of the molecule is N#Cc1ccnc(Oc2cc(Cl)c(Br)cc2Cl)c1N. The number of aromatic nitrogens is 1. The average Bonchev–Trinajstić information content (AvgIpc) is 2.38. The molecule has 2 N–H and O–H groups in total. The van der Waals surface area contributed by atoms with Gasteiger partial charge in [0.15, 0.2) is 0 Å². The normalized spacial score (nSPS) is 10.0. The van der Waals surface area contributed by atoms with Crippen molar-refractivity contribution in [1.82, 2.24) is 4.98 Å². The van der Waals surface area contributed by atoms with Crippen LogP contribution in [-0.4, -0.2) is 4.98 Å². The largest absolute Gasteiger partial charge is 0.435 e. The molecule has 0 amide bonds. The molecular formula is C12H6BrCl2N3O. The van der Waals surface area contributed by atoms with E-state index in [1.165, 1.54) is 18.3 Å². The van der Waals surface area contributed by atoms with Gasteiger partial charge in [0.1, 0.15) is 17.5 Å². The number of ether oxygens (including phenoxy) is 1. The highest BCUT2D eigenvalue weighted by Crippen LogP contribution is 2.37. The summed E-state index contributed by atoms with van der Waals surface area (Å²) in [5.41, 5.74) is 6.20. The minimum absolute atomic E-state index is 0.110. The van der Waals surface area contributed by atoms with Gasteiger partial charge in [-0.25, -0.2) is 4.98 Å². The number of benzene rings is 1. The third kappa shape index (κ3) is 2.92. The number of hydrogen-bond donors (Lipinski definition) is 1. The van der Waals surface area contributed by atoms with Crippen molar-refractivity contribution in [3.8, 4) is 17.7 Å². The van der Waals surface area contributed by atoms with Crippen LogP contribution in [0, 0.1) is 11.3 Å². The molecule has 96 valence electrons. The Morgan fingerprint density at radius 2 is 2.05 bits per heavy atom. The Morgan fingerprint density at radius 1 is 1.32 bits per heavy atom. The van der Waals surface area contributed by atoms with Crippen molar-refractivity contribution in [3.63, 3.8) is 0 Å². The maximum Gasteiger partial charge on any atom is 0.244 e. The molecule has 0 fully saturated rings. The van der Waals surface area contributed by atoms with Crippen LogP contribution in [0.25, 0.3) is 0 Å². The second kappa shape index (κ2) is 5.66. The number of nitrogen functional groups attached to an aromatic ring is 1.